The molecule has 9 nitrogen and oxygen atoms in total. The second-order valence-electron chi connectivity index (χ2n) is 7.90. The van der Waals surface area contributed by atoms with E-state index in [0.29, 0.717) is 18.5 Å². The smallest absolute Gasteiger partial charge is 0.410 e. The van der Waals surface area contributed by atoms with Crippen LogP contribution in [-0.4, -0.2) is 63.8 Å². The highest BCUT2D eigenvalue weighted by Gasteiger charge is 2.54. The molecule has 1 aliphatic carbocycles. The first-order chi connectivity index (χ1) is 14.2. The van der Waals surface area contributed by atoms with Crippen molar-refractivity contribution in [3.05, 3.63) is 39.9 Å². The lowest BCUT2D eigenvalue weighted by molar-refractivity contribution is -0.384. The topological polar surface area (TPSA) is 110 Å². The summed E-state index contributed by atoms with van der Waals surface area (Å²) in [6, 6.07) is 5.69. The van der Waals surface area contributed by atoms with E-state index in [1.165, 1.54) is 30.8 Å². The molecule has 1 aliphatic heterocycles. The van der Waals surface area contributed by atoms with Crippen molar-refractivity contribution in [1.29, 1.82) is 0 Å². The number of carbonyl (C=O) groups is 3. The van der Waals surface area contributed by atoms with Gasteiger partial charge in [-0.15, -0.1) is 0 Å². The molecule has 0 spiro atoms. The molecule has 1 saturated carbocycles. The monoisotopic (exact) mass is 435 g/mol. The third-order valence-corrected chi connectivity index (χ3v) is 6.48. The molecule has 162 valence electrons. The molecule has 10 heteroatoms. The van der Waals surface area contributed by atoms with Gasteiger partial charge < -0.3 is 14.5 Å². The lowest BCUT2D eigenvalue weighted by Gasteiger charge is -2.24. The van der Waals surface area contributed by atoms with Gasteiger partial charge >= 0.3 is 6.09 Å². The molecule has 0 bridgehead atoms. The third-order valence-electron chi connectivity index (χ3n) is 5.47. The Kier molecular flexibility index (Phi) is 6.64. The summed E-state index contributed by atoms with van der Waals surface area (Å²) >= 11 is 1.22. The van der Waals surface area contributed by atoms with Gasteiger partial charge in [0.2, 0.25) is 5.91 Å². The summed E-state index contributed by atoms with van der Waals surface area (Å²) < 4.78 is 5.44. The van der Waals surface area contributed by atoms with E-state index in [-0.39, 0.29) is 46.4 Å². The van der Waals surface area contributed by atoms with Gasteiger partial charge in [0, 0.05) is 56.9 Å². The number of benzene rings is 1. The standard InChI is InChI=1S/C20H25N3O6S/c1-12(24)30-15-8-18(16-9-17(16)19(25)21(2)3)22(10-15)20(26)29-11-13-4-6-14(7-5-13)23(27)28/h4-7,15-18H,8-11H2,1-3H3. The quantitative estimate of drug-likeness (QED) is 0.499. The molecule has 4 unspecified atom stereocenters. The van der Waals surface area contributed by atoms with Gasteiger partial charge in [-0.05, 0) is 36.5 Å². The van der Waals surface area contributed by atoms with Crippen molar-refractivity contribution in [1.82, 2.24) is 9.80 Å². The zero-order valence-corrected chi connectivity index (χ0v) is 18.0. The average Bonchev–Trinajstić information content (AvgIpc) is 3.38. The molecule has 4 atom stereocenters. The van der Waals surface area contributed by atoms with E-state index in [1.807, 2.05) is 0 Å². The molecule has 0 radical (unpaired) electrons. The highest BCUT2D eigenvalue weighted by molar-refractivity contribution is 8.14. The van der Waals surface area contributed by atoms with E-state index in [9.17, 15) is 24.5 Å². The van der Waals surface area contributed by atoms with Crippen molar-refractivity contribution < 1.29 is 24.0 Å². The summed E-state index contributed by atoms with van der Waals surface area (Å²) in [5, 5.41) is 10.7. The number of hydrogen-bond acceptors (Lipinski definition) is 7. The van der Waals surface area contributed by atoms with Crippen LogP contribution in [0.15, 0.2) is 24.3 Å². The van der Waals surface area contributed by atoms with Gasteiger partial charge in [-0.25, -0.2) is 4.79 Å². The van der Waals surface area contributed by atoms with Gasteiger partial charge in [-0.3, -0.25) is 19.7 Å². The van der Waals surface area contributed by atoms with Crippen molar-refractivity contribution >= 4 is 34.6 Å². The van der Waals surface area contributed by atoms with Crippen molar-refractivity contribution in [3.63, 3.8) is 0 Å². The summed E-state index contributed by atoms with van der Waals surface area (Å²) in [4.78, 5) is 50.1. The number of nitro groups is 1. The predicted molar refractivity (Wildman–Crippen MR) is 111 cm³/mol. The summed E-state index contributed by atoms with van der Waals surface area (Å²) in [6.45, 7) is 1.90. The second-order valence-corrected chi connectivity index (χ2v) is 9.38. The van der Waals surface area contributed by atoms with E-state index >= 15 is 0 Å². The minimum absolute atomic E-state index is 0.00318. The number of non-ortho nitro benzene ring substituents is 1. The van der Waals surface area contributed by atoms with Crippen molar-refractivity contribution in [3.8, 4) is 0 Å². The Hall–Kier alpha value is -2.62. The van der Waals surface area contributed by atoms with Crippen LogP contribution in [-0.2, 0) is 20.9 Å². The molecular weight excluding hydrogens is 410 g/mol. The fraction of sp³-hybridized carbons (Fsp3) is 0.550. The van der Waals surface area contributed by atoms with Crippen LogP contribution in [0, 0.1) is 22.0 Å². The first kappa shape index (κ1) is 22.1. The number of nitro benzene ring substituents is 1. The number of rotatable bonds is 6. The largest absolute Gasteiger partial charge is 0.445 e. The van der Waals surface area contributed by atoms with E-state index in [4.69, 9.17) is 4.74 Å². The Labute approximate surface area is 178 Å². The van der Waals surface area contributed by atoms with Gasteiger partial charge in [-0.2, -0.15) is 0 Å². The van der Waals surface area contributed by atoms with Crippen molar-refractivity contribution in [2.24, 2.45) is 11.8 Å². The van der Waals surface area contributed by atoms with E-state index in [0.717, 1.165) is 6.42 Å². The first-order valence-corrected chi connectivity index (χ1v) is 10.6. The van der Waals surface area contributed by atoms with Gasteiger partial charge in [0.15, 0.2) is 5.12 Å². The number of likely N-dealkylation sites (tertiary alicyclic amines) is 1. The van der Waals surface area contributed by atoms with Crippen LogP contribution in [0.3, 0.4) is 0 Å². The number of hydrogen-bond donors (Lipinski definition) is 0. The zero-order valence-electron chi connectivity index (χ0n) is 17.1. The molecule has 1 aromatic rings. The molecule has 0 N–H and O–H groups in total. The maximum absolute atomic E-state index is 12.8. The van der Waals surface area contributed by atoms with Gasteiger partial charge in [0.25, 0.3) is 5.69 Å². The van der Waals surface area contributed by atoms with E-state index in [2.05, 4.69) is 0 Å². The van der Waals surface area contributed by atoms with Crippen LogP contribution in [0.25, 0.3) is 0 Å². The third kappa shape index (κ3) is 5.10. The predicted octanol–water partition coefficient (Wildman–Crippen LogP) is 2.68. The molecule has 1 aromatic carbocycles. The zero-order chi connectivity index (χ0) is 22.0. The molecule has 1 saturated heterocycles. The van der Waals surface area contributed by atoms with Crippen LogP contribution < -0.4 is 0 Å². The molecule has 30 heavy (non-hydrogen) atoms. The van der Waals surface area contributed by atoms with E-state index in [1.54, 1.807) is 36.0 Å². The van der Waals surface area contributed by atoms with E-state index < -0.39 is 11.0 Å². The minimum Gasteiger partial charge on any atom is -0.445 e. The highest BCUT2D eigenvalue weighted by atomic mass is 32.2. The lowest BCUT2D eigenvalue weighted by Crippen LogP contribution is -2.38. The Morgan fingerprint density at radius 1 is 1.23 bits per heavy atom. The van der Waals surface area contributed by atoms with Crippen LogP contribution >= 0.6 is 11.8 Å². The Bertz CT molecular complexity index is 843. The number of amides is 2. The van der Waals surface area contributed by atoms with Crippen LogP contribution in [0.5, 0.6) is 0 Å². The van der Waals surface area contributed by atoms with Crippen LogP contribution in [0.2, 0.25) is 0 Å². The number of ether oxygens (including phenoxy) is 1. The SMILES string of the molecule is CC(=O)SC1CC(C2CC2C(=O)N(C)C)N(C(=O)OCc2ccc([N+](=O)[O-])cc2)C1. The molecule has 2 aliphatic rings. The summed E-state index contributed by atoms with van der Waals surface area (Å²) in [6.07, 6.45) is 0.886. The number of nitrogens with zero attached hydrogens (tertiary/aromatic N) is 3. The Morgan fingerprint density at radius 3 is 2.47 bits per heavy atom. The molecule has 1 heterocycles. The molecule has 3 rings (SSSR count). The lowest BCUT2D eigenvalue weighted by atomic mass is 10.1. The fourth-order valence-corrected chi connectivity index (χ4v) is 4.96. The highest BCUT2D eigenvalue weighted by Crippen LogP contribution is 2.48. The van der Waals surface area contributed by atoms with Gasteiger partial charge in [0.1, 0.15) is 6.61 Å². The van der Waals surface area contributed by atoms with Gasteiger partial charge in [-0.1, -0.05) is 11.8 Å². The summed E-state index contributed by atoms with van der Waals surface area (Å²) in [5.74, 6) is 0.0299. The normalized spacial score (nSPS) is 25.0. The molecule has 0 aromatic heterocycles. The Morgan fingerprint density at radius 2 is 1.90 bits per heavy atom. The number of thioether (sulfide) groups is 1. The average molecular weight is 436 g/mol. The van der Waals surface area contributed by atoms with Crippen molar-refractivity contribution in [2.45, 2.75) is 37.7 Å². The van der Waals surface area contributed by atoms with Crippen LogP contribution in [0.4, 0.5) is 10.5 Å². The maximum Gasteiger partial charge on any atom is 0.410 e. The summed E-state index contributed by atoms with van der Waals surface area (Å²) in [7, 11) is 3.44. The van der Waals surface area contributed by atoms with Crippen LogP contribution in [0.1, 0.15) is 25.3 Å². The number of carbonyl (C=O) groups excluding carboxylic acids is 3. The van der Waals surface area contributed by atoms with Crippen molar-refractivity contribution in [2.75, 3.05) is 20.6 Å². The maximum atomic E-state index is 12.8. The first-order valence-electron chi connectivity index (χ1n) is 9.72. The molecule has 2 fully saturated rings. The van der Waals surface area contributed by atoms with Gasteiger partial charge in [0.05, 0.1) is 4.92 Å². The molecular formula is C20H25N3O6S. The minimum atomic E-state index is -0.493. The Balaban J connectivity index is 1.64. The fourth-order valence-electron chi connectivity index (χ4n) is 3.96. The molecule has 2 amide bonds. The summed E-state index contributed by atoms with van der Waals surface area (Å²) in [5.41, 5.74) is 0.616. The second kappa shape index (κ2) is 9.03.